The Balaban J connectivity index is 1.64. The number of aromatic nitrogens is 2. The van der Waals surface area contributed by atoms with Gasteiger partial charge in [0.25, 0.3) is 5.91 Å². The number of nitrogen functional groups attached to an aromatic ring is 1. The van der Waals surface area contributed by atoms with Crippen molar-refractivity contribution >= 4 is 11.7 Å². The van der Waals surface area contributed by atoms with Crippen LogP contribution in [0.5, 0.6) is 0 Å². The van der Waals surface area contributed by atoms with Crippen LogP contribution in [0.3, 0.4) is 0 Å². The van der Waals surface area contributed by atoms with Crippen molar-refractivity contribution < 1.29 is 4.79 Å². The lowest BCUT2D eigenvalue weighted by atomic mass is 9.90. The number of rotatable bonds is 2. The summed E-state index contributed by atoms with van der Waals surface area (Å²) in [7, 11) is 0. The number of pyridine rings is 2. The summed E-state index contributed by atoms with van der Waals surface area (Å²) < 4.78 is 0. The van der Waals surface area contributed by atoms with Gasteiger partial charge in [0.2, 0.25) is 0 Å². The second kappa shape index (κ2) is 5.91. The molecule has 2 aromatic heterocycles. The van der Waals surface area contributed by atoms with Gasteiger partial charge in [-0.3, -0.25) is 9.78 Å². The first-order valence-electron chi connectivity index (χ1n) is 7.16. The molecule has 5 nitrogen and oxygen atoms in total. The Morgan fingerprint density at radius 1 is 1.14 bits per heavy atom. The van der Waals surface area contributed by atoms with E-state index in [1.807, 2.05) is 17.3 Å². The van der Waals surface area contributed by atoms with Crippen LogP contribution in [0.15, 0.2) is 42.7 Å². The minimum absolute atomic E-state index is 0.0320. The quantitative estimate of drug-likeness (QED) is 0.915. The van der Waals surface area contributed by atoms with Gasteiger partial charge in [0.1, 0.15) is 11.5 Å². The van der Waals surface area contributed by atoms with E-state index in [9.17, 15) is 4.79 Å². The Bertz CT molecular complexity index is 621. The fraction of sp³-hybridized carbons (Fsp3) is 0.312. The molecule has 1 aliphatic heterocycles. The van der Waals surface area contributed by atoms with E-state index in [-0.39, 0.29) is 5.91 Å². The molecule has 0 aromatic carbocycles. The first-order valence-corrected chi connectivity index (χ1v) is 7.16. The summed E-state index contributed by atoms with van der Waals surface area (Å²) in [6, 6.07) is 9.28. The van der Waals surface area contributed by atoms with Crippen molar-refractivity contribution in [1.29, 1.82) is 0 Å². The van der Waals surface area contributed by atoms with E-state index >= 15 is 0 Å². The molecule has 3 rings (SSSR count). The highest BCUT2D eigenvalue weighted by Crippen LogP contribution is 2.28. The molecular weight excluding hydrogens is 264 g/mol. The number of anilines is 1. The molecule has 0 aliphatic carbocycles. The number of piperidine rings is 1. The SMILES string of the molecule is Nc1cccc(C(=O)N2CCC(c3ccncc3)CC2)n1. The molecule has 3 heterocycles. The maximum atomic E-state index is 12.4. The normalized spacial score (nSPS) is 15.9. The van der Waals surface area contributed by atoms with Crippen LogP contribution in [0.2, 0.25) is 0 Å². The van der Waals surface area contributed by atoms with Gasteiger partial charge in [-0.05, 0) is 48.6 Å². The van der Waals surface area contributed by atoms with E-state index in [1.54, 1.807) is 18.2 Å². The van der Waals surface area contributed by atoms with Gasteiger partial charge in [-0.25, -0.2) is 4.98 Å². The number of likely N-dealkylation sites (tertiary alicyclic amines) is 1. The zero-order valence-electron chi connectivity index (χ0n) is 11.8. The van der Waals surface area contributed by atoms with Crippen molar-refractivity contribution in [3.8, 4) is 0 Å². The summed E-state index contributed by atoms with van der Waals surface area (Å²) >= 11 is 0. The highest BCUT2D eigenvalue weighted by atomic mass is 16.2. The summed E-state index contributed by atoms with van der Waals surface area (Å²) in [6.45, 7) is 1.50. The highest BCUT2D eigenvalue weighted by molar-refractivity contribution is 5.92. The number of carbonyl (C=O) groups excluding carboxylic acids is 1. The third-order valence-electron chi connectivity index (χ3n) is 3.95. The van der Waals surface area contributed by atoms with Gasteiger partial charge in [-0.15, -0.1) is 0 Å². The van der Waals surface area contributed by atoms with E-state index in [1.165, 1.54) is 5.56 Å². The van der Waals surface area contributed by atoms with Gasteiger partial charge in [0.05, 0.1) is 0 Å². The number of hydrogen-bond donors (Lipinski definition) is 1. The van der Waals surface area contributed by atoms with Crippen LogP contribution < -0.4 is 5.73 Å². The topological polar surface area (TPSA) is 72.1 Å². The Labute approximate surface area is 123 Å². The molecule has 2 N–H and O–H groups in total. The van der Waals surface area contributed by atoms with Gasteiger partial charge in [0.15, 0.2) is 0 Å². The van der Waals surface area contributed by atoms with Crippen molar-refractivity contribution in [1.82, 2.24) is 14.9 Å². The third kappa shape index (κ3) is 3.02. The summed E-state index contributed by atoms with van der Waals surface area (Å²) in [5, 5.41) is 0. The van der Waals surface area contributed by atoms with Crippen LogP contribution >= 0.6 is 0 Å². The van der Waals surface area contributed by atoms with Crippen molar-refractivity contribution in [2.75, 3.05) is 18.8 Å². The van der Waals surface area contributed by atoms with Crippen LogP contribution in [0.1, 0.15) is 34.8 Å². The first-order chi connectivity index (χ1) is 10.2. The van der Waals surface area contributed by atoms with Gasteiger partial charge in [-0.2, -0.15) is 0 Å². The minimum atomic E-state index is -0.0320. The van der Waals surface area contributed by atoms with Crippen LogP contribution in [-0.2, 0) is 0 Å². The Morgan fingerprint density at radius 3 is 2.52 bits per heavy atom. The summed E-state index contributed by atoms with van der Waals surface area (Å²) in [5.41, 5.74) is 7.37. The van der Waals surface area contributed by atoms with Crippen LogP contribution in [-0.4, -0.2) is 33.9 Å². The van der Waals surface area contributed by atoms with Crippen molar-refractivity contribution in [3.63, 3.8) is 0 Å². The summed E-state index contributed by atoms with van der Waals surface area (Å²) in [4.78, 5) is 22.4. The molecule has 1 fully saturated rings. The van der Waals surface area contributed by atoms with Crippen molar-refractivity contribution in [2.45, 2.75) is 18.8 Å². The zero-order chi connectivity index (χ0) is 14.7. The molecule has 21 heavy (non-hydrogen) atoms. The molecule has 0 unspecified atom stereocenters. The summed E-state index contributed by atoms with van der Waals surface area (Å²) in [6.07, 6.45) is 5.59. The molecule has 2 aromatic rings. The fourth-order valence-corrected chi connectivity index (χ4v) is 2.78. The predicted molar refractivity (Wildman–Crippen MR) is 80.8 cm³/mol. The van der Waals surface area contributed by atoms with Crippen molar-refractivity contribution in [3.05, 3.63) is 54.0 Å². The molecule has 0 atom stereocenters. The van der Waals surface area contributed by atoms with Crippen LogP contribution in [0.4, 0.5) is 5.82 Å². The lowest BCUT2D eigenvalue weighted by molar-refractivity contribution is 0.0707. The average molecular weight is 282 g/mol. The van der Waals surface area contributed by atoms with E-state index in [2.05, 4.69) is 22.1 Å². The zero-order valence-corrected chi connectivity index (χ0v) is 11.8. The number of carbonyl (C=O) groups is 1. The maximum Gasteiger partial charge on any atom is 0.272 e. The molecule has 1 aliphatic rings. The molecule has 0 spiro atoms. The molecule has 108 valence electrons. The van der Waals surface area contributed by atoms with Gasteiger partial charge < -0.3 is 10.6 Å². The van der Waals surface area contributed by atoms with E-state index < -0.39 is 0 Å². The van der Waals surface area contributed by atoms with Gasteiger partial charge in [-0.1, -0.05) is 6.07 Å². The standard InChI is InChI=1S/C16H18N4O/c17-15-3-1-2-14(19-15)16(21)20-10-6-13(7-11-20)12-4-8-18-9-5-12/h1-5,8-9,13H,6-7,10-11H2,(H2,17,19). The van der Waals surface area contributed by atoms with Crippen LogP contribution in [0.25, 0.3) is 0 Å². The lowest BCUT2D eigenvalue weighted by Crippen LogP contribution is -2.38. The van der Waals surface area contributed by atoms with E-state index in [0.29, 0.717) is 17.4 Å². The smallest absolute Gasteiger partial charge is 0.272 e. The summed E-state index contributed by atoms with van der Waals surface area (Å²) in [5.74, 6) is 0.855. The molecule has 1 saturated heterocycles. The van der Waals surface area contributed by atoms with Gasteiger partial charge >= 0.3 is 0 Å². The predicted octanol–water partition coefficient (Wildman–Crippen LogP) is 2.08. The van der Waals surface area contributed by atoms with E-state index in [0.717, 1.165) is 25.9 Å². The maximum absolute atomic E-state index is 12.4. The minimum Gasteiger partial charge on any atom is -0.384 e. The Hall–Kier alpha value is -2.43. The molecule has 5 heteroatoms. The monoisotopic (exact) mass is 282 g/mol. The third-order valence-corrected chi connectivity index (χ3v) is 3.95. The molecule has 0 saturated carbocycles. The highest BCUT2D eigenvalue weighted by Gasteiger charge is 2.25. The lowest BCUT2D eigenvalue weighted by Gasteiger charge is -2.32. The van der Waals surface area contributed by atoms with Crippen LogP contribution in [0, 0.1) is 0 Å². The number of nitrogens with two attached hydrogens (primary N) is 1. The number of hydrogen-bond acceptors (Lipinski definition) is 4. The first kappa shape index (κ1) is 13.5. The Kier molecular flexibility index (Phi) is 3.81. The second-order valence-corrected chi connectivity index (χ2v) is 5.29. The number of amides is 1. The average Bonchev–Trinajstić information content (AvgIpc) is 2.55. The van der Waals surface area contributed by atoms with Crippen molar-refractivity contribution in [2.24, 2.45) is 0 Å². The van der Waals surface area contributed by atoms with Gasteiger partial charge in [0, 0.05) is 25.5 Å². The fourth-order valence-electron chi connectivity index (χ4n) is 2.78. The molecule has 0 bridgehead atoms. The molecular formula is C16H18N4O. The molecule has 0 radical (unpaired) electrons. The van der Waals surface area contributed by atoms with E-state index in [4.69, 9.17) is 5.73 Å². The molecule has 1 amide bonds. The second-order valence-electron chi connectivity index (χ2n) is 5.29. The Morgan fingerprint density at radius 2 is 1.86 bits per heavy atom. The number of nitrogens with zero attached hydrogens (tertiary/aromatic N) is 3. The largest absolute Gasteiger partial charge is 0.384 e.